The summed E-state index contributed by atoms with van der Waals surface area (Å²) in [5.74, 6) is 3.54. The fourth-order valence-corrected chi connectivity index (χ4v) is 1.54. The van der Waals surface area contributed by atoms with Gasteiger partial charge >= 0.3 is 0 Å². The van der Waals surface area contributed by atoms with E-state index in [1.165, 1.54) is 12.3 Å². The van der Waals surface area contributed by atoms with Crippen LogP contribution < -0.4 is 5.90 Å². The van der Waals surface area contributed by atoms with Gasteiger partial charge in [0.2, 0.25) is 0 Å². The first-order valence-corrected chi connectivity index (χ1v) is 4.40. The SMILES string of the molecule is NOCCc1c(F)cc(F)c2occc12. The number of hydrogen-bond donors (Lipinski definition) is 1. The van der Waals surface area contributed by atoms with Gasteiger partial charge in [-0.15, -0.1) is 0 Å². The summed E-state index contributed by atoms with van der Waals surface area (Å²) in [4.78, 5) is 4.37. The Hall–Kier alpha value is -1.46. The molecule has 0 bridgehead atoms. The predicted octanol–water partition coefficient (Wildman–Crippen LogP) is 2.14. The van der Waals surface area contributed by atoms with Crippen LogP contribution in [0.4, 0.5) is 8.78 Å². The van der Waals surface area contributed by atoms with Crippen LogP contribution in [0, 0.1) is 11.6 Å². The van der Waals surface area contributed by atoms with Crippen LogP contribution in [0.25, 0.3) is 11.0 Å². The number of nitrogens with two attached hydrogens (primary N) is 1. The van der Waals surface area contributed by atoms with E-state index in [-0.39, 0.29) is 18.6 Å². The molecule has 2 rings (SSSR count). The van der Waals surface area contributed by atoms with E-state index in [9.17, 15) is 8.78 Å². The minimum atomic E-state index is -0.704. The molecule has 0 saturated heterocycles. The Labute approximate surface area is 84.4 Å². The molecule has 1 aromatic carbocycles. The summed E-state index contributed by atoms with van der Waals surface area (Å²) in [6.07, 6.45) is 1.60. The predicted molar refractivity (Wildman–Crippen MR) is 50.0 cm³/mol. The smallest absolute Gasteiger partial charge is 0.169 e. The number of hydrogen-bond acceptors (Lipinski definition) is 3. The van der Waals surface area contributed by atoms with E-state index in [0.29, 0.717) is 10.9 Å². The molecule has 2 N–H and O–H groups in total. The summed E-state index contributed by atoms with van der Waals surface area (Å²) in [5, 5.41) is 0.421. The van der Waals surface area contributed by atoms with Gasteiger partial charge in [0.15, 0.2) is 11.4 Å². The fraction of sp³-hybridized carbons (Fsp3) is 0.200. The van der Waals surface area contributed by atoms with E-state index in [1.807, 2.05) is 0 Å². The summed E-state index contributed by atoms with van der Waals surface area (Å²) in [6, 6.07) is 2.32. The van der Waals surface area contributed by atoms with Crippen LogP contribution in [0.2, 0.25) is 0 Å². The Balaban J connectivity index is 2.55. The molecule has 0 atom stereocenters. The fourth-order valence-electron chi connectivity index (χ4n) is 1.54. The van der Waals surface area contributed by atoms with Crippen molar-refractivity contribution in [1.29, 1.82) is 0 Å². The summed E-state index contributed by atoms with van der Waals surface area (Å²) in [5.41, 5.74) is 0.411. The topological polar surface area (TPSA) is 48.4 Å². The Morgan fingerprint density at radius 3 is 2.87 bits per heavy atom. The summed E-state index contributed by atoms with van der Waals surface area (Å²) in [6.45, 7) is 0.169. The molecule has 1 aromatic heterocycles. The number of furan rings is 1. The Bertz CT molecular complexity index is 481. The van der Waals surface area contributed by atoms with Crippen LogP contribution in [0.15, 0.2) is 22.8 Å². The minimum Gasteiger partial charge on any atom is -0.461 e. The molecule has 0 fully saturated rings. The van der Waals surface area contributed by atoms with Crippen molar-refractivity contribution in [2.24, 2.45) is 5.90 Å². The van der Waals surface area contributed by atoms with Gasteiger partial charge in [-0.05, 0) is 6.07 Å². The first kappa shape index (κ1) is 10.1. The zero-order valence-electron chi connectivity index (χ0n) is 7.80. The number of rotatable bonds is 3. The highest BCUT2D eigenvalue weighted by Crippen LogP contribution is 2.26. The average molecular weight is 213 g/mol. The standard InChI is InChI=1S/C10H9F2NO2/c11-8-5-9(12)10-7(1-3-14-10)6(8)2-4-15-13/h1,3,5H,2,4,13H2. The largest absolute Gasteiger partial charge is 0.461 e. The molecule has 0 aliphatic rings. The number of benzene rings is 1. The molecule has 0 spiro atoms. The maximum absolute atomic E-state index is 13.4. The van der Waals surface area contributed by atoms with Gasteiger partial charge in [0, 0.05) is 23.4 Å². The Morgan fingerprint density at radius 1 is 1.33 bits per heavy atom. The quantitative estimate of drug-likeness (QED) is 0.794. The van der Waals surface area contributed by atoms with Crippen LogP contribution in [0.1, 0.15) is 5.56 Å². The maximum Gasteiger partial charge on any atom is 0.169 e. The van der Waals surface area contributed by atoms with Crippen molar-refractivity contribution in [3.05, 3.63) is 35.6 Å². The van der Waals surface area contributed by atoms with E-state index in [4.69, 9.17) is 10.3 Å². The van der Waals surface area contributed by atoms with E-state index in [0.717, 1.165) is 6.07 Å². The van der Waals surface area contributed by atoms with Crippen molar-refractivity contribution in [3.8, 4) is 0 Å². The second-order valence-electron chi connectivity index (χ2n) is 3.10. The van der Waals surface area contributed by atoms with Gasteiger partial charge in [-0.1, -0.05) is 0 Å². The van der Waals surface area contributed by atoms with Gasteiger partial charge < -0.3 is 9.25 Å². The molecule has 0 aliphatic heterocycles. The molecule has 80 valence electrons. The second kappa shape index (κ2) is 3.96. The van der Waals surface area contributed by atoms with Crippen molar-refractivity contribution >= 4 is 11.0 Å². The van der Waals surface area contributed by atoms with E-state index in [2.05, 4.69) is 4.84 Å². The molecular weight excluding hydrogens is 204 g/mol. The monoisotopic (exact) mass is 213 g/mol. The van der Waals surface area contributed by atoms with E-state index in [1.54, 1.807) is 0 Å². The maximum atomic E-state index is 13.4. The first-order chi connectivity index (χ1) is 7.24. The van der Waals surface area contributed by atoms with Crippen molar-refractivity contribution in [2.75, 3.05) is 6.61 Å². The molecular formula is C10H9F2NO2. The van der Waals surface area contributed by atoms with Crippen LogP contribution in [0.5, 0.6) is 0 Å². The van der Waals surface area contributed by atoms with Crippen LogP contribution in [-0.4, -0.2) is 6.61 Å². The highest BCUT2D eigenvalue weighted by atomic mass is 19.1. The number of fused-ring (bicyclic) bond motifs is 1. The van der Waals surface area contributed by atoms with Gasteiger partial charge in [-0.3, -0.25) is 0 Å². The van der Waals surface area contributed by atoms with Crippen LogP contribution in [0.3, 0.4) is 0 Å². The van der Waals surface area contributed by atoms with Gasteiger partial charge in [0.25, 0.3) is 0 Å². The summed E-state index contributed by atoms with van der Waals surface area (Å²) in [7, 11) is 0. The highest BCUT2D eigenvalue weighted by molar-refractivity contribution is 5.81. The molecule has 3 nitrogen and oxygen atoms in total. The van der Waals surface area contributed by atoms with Gasteiger partial charge in [-0.25, -0.2) is 14.7 Å². The lowest BCUT2D eigenvalue weighted by atomic mass is 10.1. The van der Waals surface area contributed by atoms with Gasteiger partial charge in [0.1, 0.15) is 5.82 Å². The minimum absolute atomic E-state index is 0.0587. The molecule has 5 heteroatoms. The van der Waals surface area contributed by atoms with Crippen molar-refractivity contribution in [1.82, 2.24) is 0 Å². The zero-order valence-corrected chi connectivity index (χ0v) is 7.80. The van der Waals surface area contributed by atoms with Gasteiger partial charge in [-0.2, -0.15) is 0 Å². The van der Waals surface area contributed by atoms with Crippen molar-refractivity contribution in [3.63, 3.8) is 0 Å². The zero-order chi connectivity index (χ0) is 10.8. The van der Waals surface area contributed by atoms with Gasteiger partial charge in [0.05, 0.1) is 12.9 Å². The summed E-state index contributed by atoms with van der Waals surface area (Å²) < 4.78 is 31.5. The van der Waals surface area contributed by atoms with Crippen molar-refractivity contribution < 1.29 is 18.0 Å². The Kier molecular flexibility index (Phi) is 2.66. The molecule has 15 heavy (non-hydrogen) atoms. The third kappa shape index (κ3) is 1.71. The van der Waals surface area contributed by atoms with Crippen LogP contribution >= 0.6 is 0 Å². The highest BCUT2D eigenvalue weighted by Gasteiger charge is 2.14. The molecule has 1 heterocycles. The lowest BCUT2D eigenvalue weighted by Gasteiger charge is -2.04. The molecule has 2 aromatic rings. The van der Waals surface area contributed by atoms with E-state index >= 15 is 0 Å². The molecule has 0 saturated carbocycles. The molecule has 0 radical (unpaired) electrons. The van der Waals surface area contributed by atoms with Crippen LogP contribution in [-0.2, 0) is 11.3 Å². The van der Waals surface area contributed by atoms with Crippen molar-refractivity contribution in [2.45, 2.75) is 6.42 Å². The third-order valence-corrected chi connectivity index (χ3v) is 2.22. The second-order valence-corrected chi connectivity index (χ2v) is 3.10. The normalized spacial score (nSPS) is 11.1. The Morgan fingerprint density at radius 2 is 2.13 bits per heavy atom. The summed E-state index contributed by atoms with van der Waals surface area (Å²) >= 11 is 0. The van der Waals surface area contributed by atoms with E-state index < -0.39 is 11.6 Å². The average Bonchev–Trinajstić information content (AvgIpc) is 2.66. The third-order valence-electron chi connectivity index (χ3n) is 2.22. The lowest BCUT2D eigenvalue weighted by Crippen LogP contribution is -2.05. The molecule has 0 aliphatic carbocycles. The molecule has 0 amide bonds. The molecule has 0 unspecified atom stereocenters. The first-order valence-electron chi connectivity index (χ1n) is 4.40. The lowest BCUT2D eigenvalue weighted by molar-refractivity contribution is 0.141. The number of halogens is 2.